The maximum Gasteiger partial charge on any atom is 1.00 e. The molecule has 0 fully saturated rings. The van der Waals surface area contributed by atoms with E-state index in [2.05, 4.69) is 4.99 Å². The zero-order valence-electron chi connectivity index (χ0n) is 8.34. The molecule has 0 bridgehead atoms. The molecule has 0 aliphatic rings. The fraction of sp³-hybridized carbons (Fsp3) is 0.125. The Bertz CT molecular complexity index is 448. The SMILES string of the molecule is CC([O-])=Nc1ccc(S(=O)(=O)O)cc1.[K+]. The van der Waals surface area contributed by atoms with E-state index in [1.807, 2.05) is 0 Å². The fourth-order valence-electron chi connectivity index (χ4n) is 0.874. The van der Waals surface area contributed by atoms with E-state index in [4.69, 9.17) is 4.55 Å². The van der Waals surface area contributed by atoms with Crippen molar-refractivity contribution in [2.24, 2.45) is 4.99 Å². The smallest absolute Gasteiger partial charge is 0.862 e. The quantitative estimate of drug-likeness (QED) is 0.270. The molecule has 0 radical (unpaired) electrons. The fourth-order valence-corrected chi connectivity index (χ4v) is 1.35. The maximum atomic E-state index is 10.6. The molecule has 76 valence electrons. The van der Waals surface area contributed by atoms with Crippen LogP contribution in [-0.2, 0) is 10.1 Å². The van der Waals surface area contributed by atoms with Crippen LogP contribution >= 0.6 is 0 Å². The first kappa shape index (κ1) is 15.2. The summed E-state index contributed by atoms with van der Waals surface area (Å²) < 4.78 is 29.9. The van der Waals surface area contributed by atoms with E-state index in [0.717, 1.165) is 0 Å². The summed E-state index contributed by atoms with van der Waals surface area (Å²) >= 11 is 0. The summed E-state index contributed by atoms with van der Waals surface area (Å²) in [6.45, 7) is 1.29. The molecule has 0 aliphatic heterocycles. The van der Waals surface area contributed by atoms with E-state index in [9.17, 15) is 13.5 Å². The normalized spacial score (nSPS) is 12.0. The van der Waals surface area contributed by atoms with Gasteiger partial charge in [0.15, 0.2) is 0 Å². The summed E-state index contributed by atoms with van der Waals surface area (Å²) in [6, 6.07) is 5.03. The Labute approximate surface area is 130 Å². The Morgan fingerprint density at radius 3 is 2.13 bits per heavy atom. The molecular formula is C8H8KNO4S. The average molecular weight is 253 g/mol. The van der Waals surface area contributed by atoms with Gasteiger partial charge in [0.1, 0.15) is 0 Å². The minimum atomic E-state index is -4.17. The van der Waals surface area contributed by atoms with Crippen LogP contribution in [0.2, 0.25) is 0 Å². The van der Waals surface area contributed by atoms with Crippen LogP contribution in [0.5, 0.6) is 0 Å². The Balaban J connectivity index is 0.00000196. The standard InChI is InChI=1S/C8H9NO4S.K/c1-6(10)9-7-2-4-8(5-3-7)14(11,12)13;/h2-5H,1H3,(H,9,10)(H,11,12,13);/q;+1/p-1. The van der Waals surface area contributed by atoms with Crippen molar-refractivity contribution in [3.63, 3.8) is 0 Å². The van der Waals surface area contributed by atoms with Crippen LogP contribution in [-0.4, -0.2) is 18.9 Å². The second-order valence-electron chi connectivity index (χ2n) is 2.60. The van der Waals surface area contributed by atoms with Crippen LogP contribution in [0.4, 0.5) is 5.69 Å². The van der Waals surface area contributed by atoms with Crippen molar-refractivity contribution in [3.05, 3.63) is 24.3 Å². The second-order valence-corrected chi connectivity index (χ2v) is 4.02. The third kappa shape index (κ3) is 5.21. The third-order valence-corrected chi connectivity index (χ3v) is 2.29. The molecule has 0 atom stereocenters. The molecule has 0 unspecified atom stereocenters. The summed E-state index contributed by atoms with van der Waals surface area (Å²) in [5.41, 5.74) is 0.352. The first-order chi connectivity index (χ1) is 6.39. The van der Waals surface area contributed by atoms with Gasteiger partial charge in [-0.05, 0) is 37.1 Å². The molecule has 0 aliphatic carbocycles. The Morgan fingerprint density at radius 2 is 1.80 bits per heavy atom. The molecule has 0 amide bonds. The predicted octanol–water partition coefficient (Wildman–Crippen LogP) is -2.65. The summed E-state index contributed by atoms with van der Waals surface area (Å²) in [5, 5.41) is 10.6. The second kappa shape index (κ2) is 6.09. The van der Waals surface area contributed by atoms with E-state index >= 15 is 0 Å². The predicted molar refractivity (Wildman–Crippen MR) is 49.0 cm³/mol. The molecule has 0 aromatic heterocycles. The molecule has 1 N–H and O–H groups in total. The number of rotatable bonds is 2. The van der Waals surface area contributed by atoms with Crippen LogP contribution in [0.3, 0.4) is 0 Å². The number of hydrogen-bond acceptors (Lipinski definition) is 4. The molecule has 1 aromatic carbocycles. The molecule has 5 nitrogen and oxygen atoms in total. The zero-order valence-corrected chi connectivity index (χ0v) is 12.3. The van der Waals surface area contributed by atoms with E-state index < -0.39 is 10.1 Å². The van der Waals surface area contributed by atoms with E-state index in [1.165, 1.54) is 31.2 Å². The van der Waals surface area contributed by atoms with Crippen LogP contribution < -0.4 is 56.5 Å². The van der Waals surface area contributed by atoms with Gasteiger partial charge in [0.25, 0.3) is 10.1 Å². The van der Waals surface area contributed by atoms with Gasteiger partial charge in [-0.2, -0.15) is 8.42 Å². The minimum Gasteiger partial charge on any atom is -0.862 e. The number of benzene rings is 1. The van der Waals surface area contributed by atoms with Crippen molar-refractivity contribution >= 4 is 21.7 Å². The minimum absolute atomic E-state index is 0. The molecule has 0 saturated heterocycles. The van der Waals surface area contributed by atoms with Gasteiger partial charge in [0.05, 0.1) is 10.6 Å². The van der Waals surface area contributed by atoms with Crippen LogP contribution in [0.15, 0.2) is 34.2 Å². The average Bonchev–Trinajstić information content (AvgIpc) is 2.02. The van der Waals surface area contributed by atoms with Crippen molar-refractivity contribution in [2.75, 3.05) is 0 Å². The summed E-state index contributed by atoms with van der Waals surface area (Å²) in [6.07, 6.45) is 0. The van der Waals surface area contributed by atoms with E-state index in [-0.39, 0.29) is 62.2 Å². The molecule has 0 heterocycles. The summed E-state index contributed by atoms with van der Waals surface area (Å²) in [5.74, 6) is -0.371. The van der Waals surface area contributed by atoms with Crippen LogP contribution in [0.25, 0.3) is 0 Å². The Morgan fingerprint density at radius 1 is 1.33 bits per heavy atom. The van der Waals surface area contributed by atoms with Gasteiger partial charge in [-0.15, -0.1) is 0 Å². The van der Waals surface area contributed by atoms with Gasteiger partial charge in [-0.25, -0.2) is 0 Å². The number of aliphatic imine (C=N–C) groups is 1. The van der Waals surface area contributed by atoms with Crippen molar-refractivity contribution in [3.8, 4) is 0 Å². The van der Waals surface area contributed by atoms with Crippen molar-refractivity contribution in [1.82, 2.24) is 0 Å². The first-order valence-electron chi connectivity index (χ1n) is 3.69. The van der Waals surface area contributed by atoms with Crippen LogP contribution in [0.1, 0.15) is 6.92 Å². The van der Waals surface area contributed by atoms with E-state index in [0.29, 0.717) is 5.69 Å². The number of nitrogens with zero attached hydrogens (tertiary/aromatic N) is 1. The van der Waals surface area contributed by atoms with Gasteiger partial charge in [-0.3, -0.25) is 9.55 Å². The Kier molecular flexibility index (Phi) is 6.19. The molecular weight excluding hydrogens is 245 g/mol. The molecule has 0 spiro atoms. The van der Waals surface area contributed by atoms with Crippen molar-refractivity contribution < 1.29 is 69.5 Å². The zero-order chi connectivity index (χ0) is 10.8. The molecule has 15 heavy (non-hydrogen) atoms. The molecule has 1 aromatic rings. The molecule has 1 rings (SSSR count). The van der Waals surface area contributed by atoms with E-state index in [1.54, 1.807) is 0 Å². The largest absolute Gasteiger partial charge is 1.00 e. The Hall–Kier alpha value is 0.236. The summed E-state index contributed by atoms with van der Waals surface area (Å²) in [7, 11) is -4.17. The van der Waals surface area contributed by atoms with Gasteiger partial charge < -0.3 is 5.11 Å². The van der Waals surface area contributed by atoms with Crippen molar-refractivity contribution in [2.45, 2.75) is 11.8 Å². The maximum absolute atomic E-state index is 10.6. The van der Waals surface area contributed by atoms with Crippen LogP contribution in [0, 0.1) is 0 Å². The topological polar surface area (TPSA) is 89.8 Å². The van der Waals surface area contributed by atoms with Gasteiger partial charge >= 0.3 is 51.4 Å². The molecule has 7 heteroatoms. The summed E-state index contributed by atoms with van der Waals surface area (Å²) in [4.78, 5) is 3.35. The van der Waals surface area contributed by atoms with Gasteiger partial charge in [0.2, 0.25) is 0 Å². The monoisotopic (exact) mass is 253 g/mol. The van der Waals surface area contributed by atoms with Gasteiger partial charge in [-0.1, -0.05) is 0 Å². The van der Waals surface area contributed by atoms with Crippen molar-refractivity contribution in [1.29, 1.82) is 0 Å². The molecule has 0 saturated carbocycles. The number of hydrogen-bond donors (Lipinski definition) is 1. The first-order valence-corrected chi connectivity index (χ1v) is 5.13. The van der Waals surface area contributed by atoms with Gasteiger partial charge in [0, 0.05) is 0 Å². The third-order valence-electron chi connectivity index (χ3n) is 1.42.